The van der Waals surface area contributed by atoms with Gasteiger partial charge in [-0.15, -0.1) is 0 Å². The maximum atomic E-state index is 12.5. The van der Waals surface area contributed by atoms with Gasteiger partial charge in [-0.25, -0.2) is 4.79 Å². The number of fused-ring (bicyclic) bond motifs is 3. The summed E-state index contributed by atoms with van der Waals surface area (Å²) in [6.45, 7) is 0.745. The smallest absolute Gasteiger partial charge is 0.407 e. The standard InChI is InChI=1S/C25H24N2O5/c28-23(27-12-16(13-27)24(29)30)15-9-10-17(11-15)26-25(31)32-14-22-20-7-3-1-5-18(20)19-6-2-4-8-21(19)22/h1-10,15-17,22H,11-14H2,(H,26,31)(H,29,30). The highest BCUT2D eigenvalue weighted by Gasteiger charge is 2.39. The number of likely N-dealkylation sites (tertiary alicyclic amines) is 1. The number of hydrogen-bond acceptors (Lipinski definition) is 4. The molecule has 1 saturated heterocycles. The summed E-state index contributed by atoms with van der Waals surface area (Å²) >= 11 is 0. The van der Waals surface area contributed by atoms with Gasteiger partial charge in [-0.3, -0.25) is 9.59 Å². The summed E-state index contributed by atoms with van der Waals surface area (Å²) in [6, 6.07) is 16.1. The van der Waals surface area contributed by atoms with E-state index in [-0.39, 0.29) is 43.5 Å². The lowest BCUT2D eigenvalue weighted by Gasteiger charge is -2.38. The number of carboxylic acid groups (broad SMARTS) is 1. The molecule has 2 aliphatic carbocycles. The summed E-state index contributed by atoms with van der Waals surface area (Å²) in [5, 5.41) is 11.8. The summed E-state index contributed by atoms with van der Waals surface area (Å²) in [4.78, 5) is 37.4. The van der Waals surface area contributed by atoms with Crippen LogP contribution in [-0.4, -0.2) is 53.7 Å². The molecule has 2 amide bonds. The van der Waals surface area contributed by atoms with Gasteiger partial charge < -0.3 is 20.1 Å². The van der Waals surface area contributed by atoms with Crippen LogP contribution in [0, 0.1) is 11.8 Å². The van der Waals surface area contributed by atoms with Gasteiger partial charge in [0.1, 0.15) is 6.61 Å². The van der Waals surface area contributed by atoms with Crippen LogP contribution in [0.4, 0.5) is 4.79 Å². The average Bonchev–Trinajstić information content (AvgIpc) is 3.33. The molecular formula is C25H24N2O5. The maximum absolute atomic E-state index is 12.5. The SMILES string of the molecule is O=C(NC1C=CC(C(=O)N2CC(C(=O)O)C2)C1)OCC1c2ccccc2-c2ccccc21. The fourth-order valence-corrected chi connectivity index (χ4v) is 4.83. The number of benzene rings is 2. The van der Waals surface area contributed by atoms with Crippen molar-refractivity contribution >= 4 is 18.0 Å². The van der Waals surface area contributed by atoms with Gasteiger partial charge in [0.25, 0.3) is 0 Å². The zero-order valence-corrected chi connectivity index (χ0v) is 17.4. The molecule has 0 bridgehead atoms. The molecular weight excluding hydrogens is 408 g/mol. The summed E-state index contributed by atoms with van der Waals surface area (Å²) in [5.74, 6) is -1.78. The highest BCUT2D eigenvalue weighted by molar-refractivity contribution is 5.84. The Hall–Kier alpha value is -3.61. The highest BCUT2D eigenvalue weighted by atomic mass is 16.5. The number of ether oxygens (including phenoxy) is 1. The first-order valence-corrected chi connectivity index (χ1v) is 10.8. The minimum Gasteiger partial charge on any atom is -0.481 e. The molecule has 164 valence electrons. The first-order valence-electron chi connectivity index (χ1n) is 10.8. The van der Waals surface area contributed by atoms with E-state index in [1.165, 1.54) is 11.1 Å². The lowest BCUT2D eigenvalue weighted by molar-refractivity contribution is -0.153. The Balaban J connectivity index is 1.14. The fraction of sp³-hybridized carbons (Fsp3) is 0.320. The Labute approximate surface area is 185 Å². The van der Waals surface area contributed by atoms with Crippen LogP contribution >= 0.6 is 0 Å². The number of carbonyl (C=O) groups excluding carboxylic acids is 2. The molecule has 2 aromatic carbocycles. The third-order valence-corrected chi connectivity index (χ3v) is 6.59. The van der Waals surface area contributed by atoms with Crippen LogP contribution in [0.3, 0.4) is 0 Å². The third kappa shape index (κ3) is 3.64. The van der Waals surface area contributed by atoms with Gasteiger partial charge in [0.15, 0.2) is 0 Å². The number of carboxylic acids is 1. The van der Waals surface area contributed by atoms with E-state index in [0.29, 0.717) is 6.42 Å². The predicted molar refractivity (Wildman–Crippen MR) is 117 cm³/mol. The van der Waals surface area contributed by atoms with Crippen LogP contribution in [0.25, 0.3) is 11.1 Å². The van der Waals surface area contributed by atoms with E-state index in [1.54, 1.807) is 17.1 Å². The molecule has 32 heavy (non-hydrogen) atoms. The number of nitrogens with zero attached hydrogens (tertiary/aromatic N) is 1. The molecule has 2 aromatic rings. The molecule has 7 heteroatoms. The average molecular weight is 432 g/mol. The second-order valence-corrected chi connectivity index (χ2v) is 8.58. The molecule has 0 spiro atoms. The zero-order valence-electron chi connectivity index (χ0n) is 17.4. The molecule has 2 unspecified atom stereocenters. The number of amides is 2. The number of carbonyl (C=O) groups is 3. The second kappa shape index (κ2) is 8.15. The third-order valence-electron chi connectivity index (χ3n) is 6.59. The summed E-state index contributed by atoms with van der Waals surface area (Å²) in [6.07, 6.45) is 3.53. The zero-order chi connectivity index (χ0) is 22.2. The highest BCUT2D eigenvalue weighted by Crippen LogP contribution is 2.44. The largest absolute Gasteiger partial charge is 0.481 e. The first-order chi connectivity index (χ1) is 15.5. The van der Waals surface area contributed by atoms with Gasteiger partial charge in [-0.2, -0.15) is 0 Å². The van der Waals surface area contributed by atoms with Crippen molar-refractivity contribution in [1.82, 2.24) is 10.2 Å². The maximum Gasteiger partial charge on any atom is 0.407 e. The van der Waals surface area contributed by atoms with Crippen LogP contribution in [0.1, 0.15) is 23.5 Å². The van der Waals surface area contributed by atoms with Crippen LogP contribution in [0.2, 0.25) is 0 Å². The Bertz CT molecular complexity index is 1060. The van der Waals surface area contributed by atoms with E-state index in [2.05, 4.69) is 29.6 Å². The molecule has 0 radical (unpaired) electrons. The number of nitrogens with one attached hydrogen (secondary N) is 1. The van der Waals surface area contributed by atoms with Crippen LogP contribution in [0.5, 0.6) is 0 Å². The minimum absolute atomic E-state index is 0.00445. The van der Waals surface area contributed by atoms with Crippen molar-refractivity contribution in [3.63, 3.8) is 0 Å². The van der Waals surface area contributed by atoms with E-state index in [9.17, 15) is 14.4 Å². The molecule has 2 atom stereocenters. The van der Waals surface area contributed by atoms with E-state index in [1.807, 2.05) is 24.3 Å². The number of aliphatic carboxylic acids is 1. The van der Waals surface area contributed by atoms with Gasteiger partial charge in [0, 0.05) is 19.0 Å². The monoisotopic (exact) mass is 432 g/mol. The van der Waals surface area contributed by atoms with E-state index in [4.69, 9.17) is 9.84 Å². The van der Waals surface area contributed by atoms with Gasteiger partial charge >= 0.3 is 12.1 Å². The second-order valence-electron chi connectivity index (χ2n) is 8.58. The number of rotatable bonds is 5. The molecule has 5 rings (SSSR count). The van der Waals surface area contributed by atoms with Crippen molar-refractivity contribution < 1.29 is 24.2 Å². The Kier molecular flexibility index (Phi) is 5.17. The molecule has 2 N–H and O–H groups in total. The van der Waals surface area contributed by atoms with Gasteiger partial charge in [0.2, 0.25) is 5.91 Å². The lowest BCUT2D eigenvalue weighted by Crippen LogP contribution is -2.54. The Morgan fingerprint density at radius 1 is 0.969 bits per heavy atom. The molecule has 0 aromatic heterocycles. The van der Waals surface area contributed by atoms with E-state index in [0.717, 1.165) is 11.1 Å². The van der Waals surface area contributed by atoms with Gasteiger partial charge in [-0.1, -0.05) is 60.7 Å². The van der Waals surface area contributed by atoms with Crippen LogP contribution in [-0.2, 0) is 14.3 Å². The van der Waals surface area contributed by atoms with Crippen molar-refractivity contribution in [2.45, 2.75) is 18.4 Å². The summed E-state index contributed by atoms with van der Waals surface area (Å²) in [5.41, 5.74) is 4.66. The minimum atomic E-state index is -0.870. The summed E-state index contributed by atoms with van der Waals surface area (Å²) in [7, 11) is 0. The molecule has 3 aliphatic rings. The van der Waals surface area contributed by atoms with Gasteiger partial charge in [0.05, 0.1) is 17.9 Å². The summed E-state index contributed by atoms with van der Waals surface area (Å²) < 4.78 is 5.57. The lowest BCUT2D eigenvalue weighted by atomic mass is 9.97. The topological polar surface area (TPSA) is 95.9 Å². The predicted octanol–water partition coefficient (Wildman–Crippen LogP) is 3.01. The number of hydrogen-bond donors (Lipinski definition) is 2. The first kappa shape index (κ1) is 20.3. The van der Waals surface area contributed by atoms with E-state index >= 15 is 0 Å². The fourth-order valence-electron chi connectivity index (χ4n) is 4.83. The van der Waals surface area contributed by atoms with Gasteiger partial charge in [-0.05, 0) is 28.7 Å². The van der Waals surface area contributed by atoms with Crippen LogP contribution in [0.15, 0.2) is 60.7 Å². The van der Waals surface area contributed by atoms with Crippen molar-refractivity contribution in [3.8, 4) is 11.1 Å². The van der Waals surface area contributed by atoms with Crippen molar-refractivity contribution in [3.05, 3.63) is 71.8 Å². The quantitative estimate of drug-likeness (QED) is 0.708. The molecule has 1 heterocycles. The Morgan fingerprint density at radius 2 is 1.59 bits per heavy atom. The van der Waals surface area contributed by atoms with Crippen LogP contribution < -0.4 is 5.32 Å². The normalized spacial score (nSPS) is 21.6. The van der Waals surface area contributed by atoms with E-state index < -0.39 is 18.0 Å². The molecule has 7 nitrogen and oxygen atoms in total. The van der Waals surface area contributed by atoms with Crippen molar-refractivity contribution in [2.75, 3.05) is 19.7 Å². The Morgan fingerprint density at radius 3 is 2.22 bits per heavy atom. The number of alkyl carbamates (subject to hydrolysis) is 1. The van der Waals surface area contributed by atoms with Crippen molar-refractivity contribution in [1.29, 1.82) is 0 Å². The molecule has 1 fully saturated rings. The molecule has 0 saturated carbocycles. The van der Waals surface area contributed by atoms with Crippen molar-refractivity contribution in [2.24, 2.45) is 11.8 Å². The molecule has 1 aliphatic heterocycles.